The van der Waals surface area contributed by atoms with Crippen molar-refractivity contribution in [2.45, 2.75) is 18.7 Å². The highest BCUT2D eigenvalue weighted by molar-refractivity contribution is 7.92. The number of halogens is 2. The Morgan fingerprint density at radius 3 is 2.65 bits per heavy atom. The highest BCUT2D eigenvalue weighted by atomic mass is 32.2. The number of rotatable bonds is 3. The molecule has 2 heterocycles. The smallest absolute Gasteiger partial charge is 0.262 e. The Balaban J connectivity index is 1.70. The van der Waals surface area contributed by atoms with Crippen LogP contribution in [-0.2, 0) is 10.0 Å². The number of aromatic nitrogens is 3. The lowest BCUT2D eigenvalue weighted by Gasteiger charge is -2.12. The van der Waals surface area contributed by atoms with Crippen molar-refractivity contribution >= 4 is 26.7 Å². The molecule has 0 amide bonds. The van der Waals surface area contributed by atoms with E-state index in [4.69, 9.17) is 0 Å². The van der Waals surface area contributed by atoms with Crippen molar-refractivity contribution in [1.29, 1.82) is 0 Å². The number of sulfonamides is 1. The largest absolute Gasteiger partial charge is 0.277 e. The summed E-state index contributed by atoms with van der Waals surface area (Å²) >= 11 is 0. The number of nitrogens with one attached hydrogen (secondary N) is 2. The third kappa shape index (κ3) is 4.11. The van der Waals surface area contributed by atoms with E-state index in [1.165, 1.54) is 12.3 Å². The van der Waals surface area contributed by atoms with Crippen molar-refractivity contribution in [3.05, 3.63) is 82.7 Å². The molecule has 0 bridgehead atoms. The van der Waals surface area contributed by atoms with E-state index >= 15 is 0 Å². The number of aromatic amines is 1. The summed E-state index contributed by atoms with van der Waals surface area (Å²) in [6.45, 7) is 3.39. The van der Waals surface area contributed by atoms with Crippen molar-refractivity contribution in [2.75, 3.05) is 4.72 Å². The van der Waals surface area contributed by atoms with Crippen LogP contribution >= 0.6 is 0 Å². The summed E-state index contributed by atoms with van der Waals surface area (Å²) in [5.74, 6) is 3.08. The van der Waals surface area contributed by atoms with Crippen LogP contribution < -0.4 is 4.72 Å². The average Bonchev–Trinajstić information content (AvgIpc) is 3.19. The topological polar surface area (TPSA) is 87.7 Å². The fourth-order valence-electron chi connectivity index (χ4n) is 2.98. The summed E-state index contributed by atoms with van der Waals surface area (Å²) in [6, 6.07) is 8.58. The van der Waals surface area contributed by atoms with Gasteiger partial charge in [0, 0.05) is 17.1 Å². The maximum atomic E-state index is 15.0. The normalized spacial score (nSPS) is 11.2. The molecule has 0 aliphatic carbocycles. The fourth-order valence-corrected chi connectivity index (χ4v) is 4.37. The molecule has 6 nitrogen and oxygen atoms in total. The summed E-state index contributed by atoms with van der Waals surface area (Å²) in [5, 5.41) is 7.24. The van der Waals surface area contributed by atoms with Crippen LogP contribution in [0.4, 0.5) is 14.5 Å². The van der Waals surface area contributed by atoms with Gasteiger partial charge in [0.25, 0.3) is 10.0 Å². The number of anilines is 1. The Hall–Kier alpha value is -3.77. The second kappa shape index (κ2) is 7.81. The van der Waals surface area contributed by atoms with E-state index in [0.717, 1.165) is 17.7 Å². The lowest BCUT2D eigenvalue weighted by atomic mass is 10.1. The first-order valence-corrected chi connectivity index (χ1v) is 10.6. The van der Waals surface area contributed by atoms with Gasteiger partial charge in [0.1, 0.15) is 5.82 Å². The number of pyridine rings is 1. The maximum absolute atomic E-state index is 15.0. The number of H-pyrrole nitrogens is 1. The number of aryl methyl sites for hydroxylation is 2. The third-order valence-electron chi connectivity index (χ3n) is 4.59. The average molecular weight is 438 g/mol. The first kappa shape index (κ1) is 20.5. The third-order valence-corrected chi connectivity index (χ3v) is 6.10. The minimum atomic E-state index is -4.08. The summed E-state index contributed by atoms with van der Waals surface area (Å²) in [7, 11) is -4.08. The Kier molecular flexibility index (Phi) is 5.17. The Labute approximate surface area is 177 Å². The van der Waals surface area contributed by atoms with E-state index in [-0.39, 0.29) is 4.90 Å². The zero-order valence-electron chi connectivity index (χ0n) is 16.5. The van der Waals surface area contributed by atoms with Crippen LogP contribution in [0.25, 0.3) is 11.0 Å². The zero-order chi connectivity index (χ0) is 22.2. The van der Waals surface area contributed by atoms with Crippen LogP contribution in [0.5, 0.6) is 0 Å². The monoisotopic (exact) mass is 438 g/mol. The van der Waals surface area contributed by atoms with Crippen molar-refractivity contribution in [3.63, 3.8) is 0 Å². The molecule has 2 aromatic carbocycles. The van der Waals surface area contributed by atoms with Gasteiger partial charge in [-0.05, 0) is 49.2 Å². The zero-order valence-corrected chi connectivity index (χ0v) is 17.3. The molecule has 0 radical (unpaired) electrons. The SMILES string of the molecule is Cc1ccc(C)c(S(=O)(=O)Nc2ccc(F)c(C#Cc3cnc4[nH]ncc4c3)c2F)c1. The first-order valence-electron chi connectivity index (χ1n) is 9.14. The number of hydrogen-bond donors (Lipinski definition) is 2. The predicted molar refractivity (Wildman–Crippen MR) is 113 cm³/mol. The van der Waals surface area contributed by atoms with Gasteiger partial charge >= 0.3 is 0 Å². The number of benzene rings is 2. The van der Waals surface area contributed by atoms with Crippen molar-refractivity contribution in [3.8, 4) is 11.8 Å². The molecule has 0 saturated carbocycles. The number of fused-ring (bicyclic) bond motifs is 1. The van der Waals surface area contributed by atoms with Crippen LogP contribution in [0, 0.1) is 37.3 Å². The Morgan fingerprint density at radius 2 is 1.84 bits per heavy atom. The minimum absolute atomic E-state index is 0.0170. The molecular weight excluding hydrogens is 422 g/mol. The highest BCUT2D eigenvalue weighted by Crippen LogP contribution is 2.25. The summed E-state index contributed by atoms with van der Waals surface area (Å²) in [5.41, 5.74) is 1.28. The standard InChI is InChI=1S/C22H16F2N4O2S/c1-13-3-4-14(2)20(9-13)31(29,30)28-19-8-7-18(23)17(21(19)24)6-5-15-10-16-12-26-27-22(16)25-11-15/h3-4,7-12,28H,1-2H3,(H,25,26,27). The molecule has 0 aliphatic heterocycles. The van der Waals surface area contributed by atoms with Crippen LogP contribution in [0.15, 0.2) is 53.7 Å². The van der Waals surface area contributed by atoms with E-state index in [9.17, 15) is 17.2 Å². The molecule has 4 rings (SSSR count). The van der Waals surface area contributed by atoms with E-state index in [2.05, 4.69) is 31.7 Å². The second-order valence-electron chi connectivity index (χ2n) is 6.94. The molecule has 2 N–H and O–H groups in total. The quantitative estimate of drug-likeness (QED) is 0.473. The lowest BCUT2D eigenvalue weighted by molar-refractivity contribution is 0.577. The summed E-state index contributed by atoms with van der Waals surface area (Å²) < 4.78 is 57.0. The molecule has 0 atom stereocenters. The van der Waals surface area contributed by atoms with Gasteiger partial charge in [0.15, 0.2) is 11.5 Å². The number of hydrogen-bond acceptors (Lipinski definition) is 4. The van der Waals surface area contributed by atoms with Gasteiger partial charge in [0.05, 0.1) is 22.3 Å². The molecule has 0 spiro atoms. The van der Waals surface area contributed by atoms with Gasteiger partial charge in [-0.3, -0.25) is 9.82 Å². The number of nitrogens with zero attached hydrogens (tertiary/aromatic N) is 2. The van der Waals surface area contributed by atoms with Crippen molar-refractivity contribution < 1.29 is 17.2 Å². The molecule has 0 aliphatic rings. The molecule has 2 aromatic heterocycles. The molecule has 0 saturated heterocycles. The second-order valence-corrected chi connectivity index (χ2v) is 8.59. The lowest BCUT2D eigenvalue weighted by Crippen LogP contribution is -2.16. The van der Waals surface area contributed by atoms with Gasteiger partial charge in [0.2, 0.25) is 0 Å². The van der Waals surface area contributed by atoms with Crippen LogP contribution in [0.1, 0.15) is 22.3 Å². The molecule has 4 aromatic rings. The van der Waals surface area contributed by atoms with Crippen molar-refractivity contribution in [1.82, 2.24) is 15.2 Å². The molecular formula is C22H16F2N4O2S. The Bertz CT molecular complexity index is 1480. The van der Waals surface area contributed by atoms with E-state index in [1.54, 1.807) is 38.2 Å². The van der Waals surface area contributed by atoms with Gasteiger partial charge in [-0.15, -0.1) is 0 Å². The Morgan fingerprint density at radius 1 is 1.03 bits per heavy atom. The van der Waals surface area contributed by atoms with Gasteiger partial charge in [-0.1, -0.05) is 24.0 Å². The molecule has 9 heteroatoms. The molecule has 31 heavy (non-hydrogen) atoms. The van der Waals surface area contributed by atoms with E-state index < -0.39 is 32.9 Å². The van der Waals surface area contributed by atoms with E-state index in [0.29, 0.717) is 22.2 Å². The summed E-state index contributed by atoms with van der Waals surface area (Å²) in [4.78, 5) is 4.13. The molecule has 0 unspecified atom stereocenters. The van der Waals surface area contributed by atoms with Crippen LogP contribution in [0.2, 0.25) is 0 Å². The van der Waals surface area contributed by atoms with Gasteiger partial charge in [-0.2, -0.15) is 5.10 Å². The summed E-state index contributed by atoms with van der Waals surface area (Å²) in [6.07, 6.45) is 2.99. The van der Waals surface area contributed by atoms with Crippen LogP contribution in [-0.4, -0.2) is 23.6 Å². The fraction of sp³-hybridized carbons (Fsp3) is 0.0909. The molecule has 0 fully saturated rings. The van der Waals surface area contributed by atoms with Gasteiger partial charge < -0.3 is 0 Å². The first-order chi connectivity index (χ1) is 14.7. The van der Waals surface area contributed by atoms with Gasteiger partial charge in [-0.25, -0.2) is 22.2 Å². The van der Waals surface area contributed by atoms with Crippen molar-refractivity contribution in [2.24, 2.45) is 0 Å². The van der Waals surface area contributed by atoms with Crippen LogP contribution in [0.3, 0.4) is 0 Å². The maximum Gasteiger partial charge on any atom is 0.262 e. The van der Waals surface area contributed by atoms with E-state index in [1.807, 2.05) is 0 Å². The molecule has 156 valence electrons. The highest BCUT2D eigenvalue weighted by Gasteiger charge is 2.21. The minimum Gasteiger partial charge on any atom is -0.277 e. The predicted octanol–water partition coefficient (Wildman–Crippen LogP) is 4.05.